The third kappa shape index (κ3) is 4.18. The number of carbonyl (C=O) groups excluding carboxylic acids is 1. The summed E-state index contributed by atoms with van der Waals surface area (Å²) in [6, 6.07) is 19.8. The Morgan fingerprint density at radius 2 is 1.74 bits per heavy atom. The fourth-order valence-electron chi connectivity index (χ4n) is 4.24. The zero-order chi connectivity index (χ0) is 22.0. The van der Waals surface area contributed by atoms with Gasteiger partial charge >= 0.3 is 5.97 Å². The Hall–Kier alpha value is -2.82. The highest BCUT2D eigenvalue weighted by Gasteiger charge is 2.33. The minimum atomic E-state index is -0.461. The molecule has 4 nitrogen and oxygen atoms in total. The van der Waals surface area contributed by atoms with Gasteiger partial charge in [0.2, 0.25) is 0 Å². The van der Waals surface area contributed by atoms with Crippen molar-refractivity contribution in [3.8, 4) is 16.9 Å². The topological polar surface area (TPSA) is 44.8 Å². The summed E-state index contributed by atoms with van der Waals surface area (Å²) in [5.74, 6) is 0.501. The Balaban J connectivity index is 1.92. The third-order valence-electron chi connectivity index (χ3n) is 5.68. The molecule has 160 valence electrons. The van der Waals surface area contributed by atoms with E-state index in [0.717, 1.165) is 39.1 Å². The molecule has 0 saturated heterocycles. The van der Waals surface area contributed by atoms with Crippen LogP contribution in [-0.2, 0) is 14.3 Å². The van der Waals surface area contributed by atoms with Crippen LogP contribution in [0.5, 0.6) is 5.75 Å². The quantitative estimate of drug-likeness (QED) is 0.432. The smallest absolute Gasteiger partial charge is 0.308 e. The lowest BCUT2D eigenvalue weighted by Gasteiger charge is -2.25. The van der Waals surface area contributed by atoms with Crippen molar-refractivity contribution in [3.05, 3.63) is 87.9 Å². The van der Waals surface area contributed by atoms with Crippen LogP contribution in [0.4, 0.5) is 0 Å². The van der Waals surface area contributed by atoms with Gasteiger partial charge in [-0.2, -0.15) is 0 Å². The zero-order valence-corrected chi connectivity index (χ0v) is 18.6. The molecule has 0 unspecified atom stereocenters. The fraction of sp³-hybridized carbons (Fsp3) is 0.269. The Labute approximate surface area is 187 Å². The predicted molar refractivity (Wildman–Crippen MR) is 122 cm³/mol. The molecule has 0 radical (unpaired) electrons. The largest absolute Gasteiger partial charge is 0.496 e. The van der Waals surface area contributed by atoms with Crippen molar-refractivity contribution in [1.29, 1.82) is 0 Å². The lowest BCUT2D eigenvalue weighted by atomic mass is 9.89. The standard InChI is InChI=1S/C26H25ClO4/c1-4-30-25(28)15-24-21-9-6-5-8-19(21)20-13-12-17(27)14-22(20)26(31-24)18-10-7-11-23(29-3)16(18)2/h5-14,24,26H,4,15H2,1-3H3/t24-,26-/m0/s1. The molecule has 0 aliphatic carbocycles. The normalized spacial score (nSPS) is 17.3. The minimum absolute atomic E-state index is 0.131. The van der Waals surface area contributed by atoms with Gasteiger partial charge in [0.05, 0.1) is 26.2 Å². The molecule has 4 rings (SSSR count). The first-order valence-electron chi connectivity index (χ1n) is 10.4. The molecule has 3 aromatic rings. The summed E-state index contributed by atoms with van der Waals surface area (Å²) in [6.07, 6.45) is -0.751. The number of methoxy groups -OCH3 is 1. The van der Waals surface area contributed by atoms with Gasteiger partial charge in [-0.1, -0.05) is 54.1 Å². The molecule has 0 saturated carbocycles. The van der Waals surface area contributed by atoms with Crippen molar-refractivity contribution in [2.45, 2.75) is 32.5 Å². The SMILES string of the molecule is CCOC(=O)C[C@@H]1O[C@@H](c2cccc(OC)c2C)c2cc(Cl)ccc2-c2ccccc21. The first-order chi connectivity index (χ1) is 15.0. The number of hydrogen-bond acceptors (Lipinski definition) is 4. The Bertz CT molecular complexity index is 1110. The Kier molecular flexibility index (Phi) is 6.30. The van der Waals surface area contributed by atoms with Gasteiger partial charge in [0.25, 0.3) is 0 Å². The molecule has 2 atom stereocenters. The van der Waals surface area contributed by atoms with Gasteiger partial charge in [0.1, 0.15) is 11.9 Å². The van der Waals surface area contributed by atoms with E-state index in [1.165, 1.54) is 0 Å². The summed E-state index contributed by atoms with van der Waals surface area (Å²) in [6.45, 7) is 4.15. The molecule has 1 aliphatic heterocycles. The van der Waals surface area contributed by atoms with Crippen molar-refractivity contribution in [3.63, 3.8) is 0 Å². The van der Waals surface area contributed by atoms with Gasteiger partial charge in [-0.05, 0) is 65.4 Å². The van der Waals surface area contributed by atoms with E-state index in [4.69, 9.17) is 25.8 Å². The van der Waals surface area contributed by atoms with E-state index in [1.807, 2.05) is 61.5 Å². The number of esters is 1. The number of benzene rings is 3. The van der Waals surface area contributed by atoms with Crippen molar-refractivity contribution < 1.29 is 19.0 Å². The van der Waals surface area contributed by atoms with Gasteiger partial charge < -0.3 is 14.2 Å². The van der Waals surface area contributed by atoms with E-state index in [9.17, 15) is 4.79 Å². The van der Waals surface area contributed by atoms with Crippen LogP contribution in [0.15, 0.2) is 60.7 Å². The number of halogens is 1. The molecule has 1 heterocycles. The first kappa shape index (κ1) is 21.4. The second-order valence-electron chi connectivity index (χ2n) is 7.51. The van der Waals surface area contributed by atoms with Crippen molar-refractivity contribution in [2.24, 2.45) is 0 Å². The van der Waals surface area contributed by atoms with Gasteiger partial charge in [-0.15, -0.1) is 0 Å². The van der Waals surface area contributed by atoms with Crippen LogP contribution >= 0.6 is 11.6 Å². The van der Waals surface area contributed by atoms with E-state index in [0.29, 0.717) is 11.6 Å². The highest BCUT2D eigenvalue weighted by atomic mass is 35.5. The predicted octanol–water partition coefficient (Wildman–Crippen LogP) is 6.44. The maximum atomic E-state index is 12.4. The molecule has 31 heavy (non-hydrogen) atoms. The molecule has 0 N–H and O–H groups in total. The molecular weight excluding hydrogens is 412 g/mol. The molecule has 1 aliphatic rings. The van der Waals surface area contributed by atoms with Gasteiger partial charge in [0.15, 0.2) is 0 Å². The van der Waals surface area contributed by atoms with Crippen LogP contribution in [0.1, 0.15) is 47.8 Å². The van der Waals surface area contributed by atoms with Crippen LogP contribution in [0.25, 0.3) is 11.1 Å². The average Bonchev–Trinajstić information content (AvgIpc) is 2.89. The summed E-state index contributed by atoms with van der Waals surface area (Å²) in [7, 11) is 1.66. The van der Waals surface area contributed by atoms with E-state index < -0.39 is 12.2 Å². The van der Waals surface area contributed by atoms with E-state index in [-0.39, 0.29) is 12.4 Å². The maximum absolute atomic E-state index is 12.4. The zero-order valence-electron chi connectivity index (χ0n) is 17.9. The van der Waals surface area contributed by atoms with Crippen molar-refractivity contribution >= 4 is 17.6 Å². The number of hydrogen-bond donors (Lipinski definition) is 0. The summed E-state index contributed by atoms with van der Waals surface area (Å²) in [5, 5.41) is 0.634. The summed E-state index contributed by atoms with van der Waals surface area (Å²) >= 11 is 6.42. The lowest BCUT2D eigenvalue weighted by Crippen LogP contribution is -2.16. The number of ether oxygens (including phenoxy) is 3. The minimum Gasteiger partial charge on any atom is -0.496 e. The van der Waals surface area contributed by atoms with E-state index in [1.54, 1.807) is 14.0 Å². The van der Waals surface area contributed by atoms with Crippen LogP contribution in [-0.4, -0.2) is 19.7 Å². The molecule has 0 bridgehead atoms. The molecule has 3 aromatic carbocycles. The number of carbonyl (C=O) groups is 1. The highest BCUT2D eigenvalue weighted by Crippen LogP contribution is 2.47. The number of fused-ring (bicyclic) bond motifs is 3. The van der Waals surface area contributed by atoms with Crippen LogP contribution in [0.3, 0.4) is 0 Å². The van der Waals surface area contributed by atoms with Crippen LogP contribution in [0, 0.1) is 6.92 Å². The molecular formula is C26H25ClO4. The summed E-state index contributed by atoms with van der Waals surface area (Å²) in [5.41, 5.74) is 5.96. The van der Waals surface area contributed by atoms with Crippen molar-refractivity contribution in [2.75, 3.05) is 13.7 Å². The van der Waals surface area contributed by atoms with Crippen LogP contribution in [0.2, 0.25) is 5.02 Å². The molecule has 0 spiro atoms. The van der Waals surface area contributed by atoms with E-state index >= 15 is 0 Å². The van der Waals surface area contributed by atoms with E-state index in [2.05, 4.69) is 6.07 Å². The molecule has 0 fully saturated rings. The summed E-state index contributed by atoms with van der Waals surface area (Å²) in [4.78, 5) is 12.4. The second kappa shape index (κ2) is 9.13. The first-order valence-corrected chi connectivity index (χ1v) is 10.7. The fourth-order valence-corrected chi connectivity index (χ4v) is 4.42. The molecule has 0 aromatic heterocycles. The molecule has 5 heteroatoms. The number of rotatable bonds is 5. The van der Waals surface area contributed by atoms with Gasteiger partial charge in [-0.3, -0.25) is 4.79 Å². The van der Waals surface area contributed by atoms with Crippen molar-refractivity contribution in [1.82, 2.24) is 0 Å². The summed E-state index contributed by atoms with van der Waals surface area (Å²) < 4.78 is 17.5. The lowest BCUT2D eigenvalue weighted by molar-refractivity contribution is -0.147. The van der Waals surface area contributed by atoms with Crippen LogP contribution < -0.4 is 4.74 Å². The highest BCUT2D eigenvalue weighted by molar-refractivity contribution is 6.30. The third-order valence-corrected chi connectivity index (χ3v) is 5.92. The monoisotopic (exact) mass is 436 g/mol. The second-order valence-corrected chi connectivity index (χ2v) is 7.94. The maximum Gasteiger partial charge on any atom is 0.308 e. The average molecular weight is 437 g/mol. The molecule has 0 amide bonds. The van der Waals surface area contributed by atoms with Gasteiger partial charge in [-0.25, -0.2) is 0 Å². The van der Waals surface area contributed by atoms with Gasteiger partial charge in [0, 0.05) is 5.02 Å². The Morgan fingerprint density at radius 1 is 1.00 bits per heavy atom. The Morgan fingerprint density at radius 3 is 2.52 bits per heavy atom.